The Kier molecular flexibility index (Phi) is 4.06. The first-order valence-electron chi connectivity index (χ1n) is 6.81. The van der Waals surface area contributed by atoms with Crippen LogP contribution in [0, 0.1) is 5.92 Å². The van der Waals surface area contributed by atoms with Crippen molar-refractivity contribution in [3.8, 4) is 0 Å². The molecule has 2 N–H and O–H groups in total. The van der Waals surface area contributed by atoms with Crippen molar-refractivity contribution in [3.63, 3.8) is 0 Å². The molecule has 17 heavy (non-hydrogen) atoms. The summed E-state index contributed by atoms with van der Waals surface area (Å²) in [6.07, 6.45) is 4.02. The number of nitrogens with zero attached hydrogens (tertiary/aromatic N) is 1. The Morgan fingerprint density at radius 1 is 1.35 bits per heavy atom. The Bertz CT molecular complexity index is 342. The molecule has 1 aliphatic heterocycles. The van der Waals surface area contributed by atoms with Crippen LogP contribution in [0.3, 0.4) is 0 Å². The van der Waals surface area contributed by atoms with Gasteiger partial charge in [0.05, 0.1) is 0 Å². The van der Waals surface area contributed by atoms with Gasteiger partial charge in [0.2, 0.25) is 0 Å². The van der Waals surface area contributed by atoms with Crippen LogP contribution in [0.4, 0.5) is 5.69 Å². The molecule has 2 heteroatoms. The van der Waals surface area contributed by atoms with Gasteiger partial charge in [-0.25, -0.2) is 0 Å². The topological polar surface area (TPSA) is 29.3 Å². The maximum atomic E-state index is 5.87. The van der Waals surface area contributed by atoms with E-state index in [2.05, 4.69) is 36.1 Å². The van der Waals surface area contributed by atoms with Crippen molar-refractivity contribution in [1.29, 1.82) is 0 Å². The second-order valence-corrected chi connectivity index (χ2v) is 5.24. The molecule has 1 aliphatic rings. The first-order valence-corrected chi connectivity index (χ1v) is 6.81. The minimum absolute atomic E-state index is 0.133. The first-order chi connectivity index (χ1) is 8.20. The SMILES string of the molecule is CCC1CCCN(c2ccc([C@H](C)N)cc2)C1. The molecule has 0 bridgehead atoms. The highest BCUT2D eigenvalue weighted by atomic mass is 15.1. The average Bonchev–Trinajstić information content (AvgIpc) is 2.39. The van der Waals surface area contributed by atoms with Gasteiger partial charge in [0.25, 0.3) is 0 Å². The van der Waals surface area contributed by atoms with Gasteiger partial charge in [0.1, 0.15) is 0 Å². The fourth-order valence-corrected chi connectivity index (χ4v) is 2.62. The highest BCUT2D eigenvalue weighted by molar-refractivity contribution is 5.48. The van der Waals surface area contributed by atoms with Crippen LogP contribution in [0.5, 0.6) is 0 Å². The normalized spacial score (nSPS) is 22.5. The first kappa shape index (κ1) is 12.4. The summed E-state index contributed by atoms with van der Waals surface area (Å²) in [5, 5.41) is 0. The maximum Gasteiger partial charge on any atom is 0.0366 e. The van der Waals surface area contributed by atoms with E-state index in [9.17, 15) is 0 Å². The van der Waals surface area contributed by atoms with Crippen molar-refractivity contribution in [2.45, 2.75) is 39.2 Å². The zero-order valence-corrected chi connectivity index (χ0v) is 11.0. The van der Waals surface area contributed by atoms with E-state index in [1.54, 1.807) is 0 Å². The van der Waals surface area contributed by atoms with Crippen molar-refractivity contribution in [2.24, 2.45) is 11.7 Å². The third-order valence-electron chi connectivity index (χ3n) is 3.88. The summed E-state index contributed by atoms with van der Waals surface area (Å²) in [7, 11) is 0. The highest BCUT2D eigenvalue weighted by Crippen LogP contribution is 2.25. The van der Waals surface area contributed by atoms with E-state index >= 15 is 0 Å². The second-order valence-electron chi connectivity index (χ2n) is 5.24. The number of hydrogen-bond acceptors (Lipinski definition) is 2. The maximum absolute atomic E-state index is 5.87. The summed E-state index contributed by atoms with van der Waals surface area (Å²) in [6.45, 7) is 6.75. The summed E-state index contributed by atoms with van der Waals surface area (Å²) < 4.78 is 0. The highest BCUT2D eigenvalue weighted by Gasteiger charge is 2.18. The van der Waals surface area contributed by atoms with Gasteiger partial charge in [-0.2, -0.15) is 0 Å². The van der Waals surface area contributed by atoms with Crippen molar-refractivity contribution < 1.29 is 0 Å². The van der Waals surface area contributed by atoms with Crippen molar-refractivity contribution in [2.75, 3.05) is 18.0 Å². The lowest BCUT2D eigenvalue weighted by Crippen LogP contribution is -2.35. The lowest BCUT2D eigenvalue weighted by atomic mass is 9.95. The molecule has 94 valence electrons. The van der Waals surface area contributed by atoms with Gasteiger partial charge in [-0.1, -0.05) is 25.5 Å². The molecule has 0 spiro atoms. The fraction of sp³-hybridized carbons (Fsp3) is 0.600. The van der Waals surface area contributed by atoms with Crippen LogP contribution in [0.25, 0.3) is 0 Å². The molecule has 2 atom stereocenters. The van der Waals surface area contributed by atoms with Crippen LogP contribution in [0.2, 0.25) is 0 Å². The predicted molar refractivity (Wildman–Crippen MR) is 74.3 cm³/mol. The fourth-order valence-electron chi connectivity index (χ4n) is 2.62. The van der Waals surface area contributed by atoms with E-state index in [-0.39, 0.29) is 6.04 Å². The number of rotatable bonds is 3. The van der Waals surface area contributed by atoms with Crippen LogP contribution in [0.1, 0.15) is 44.7 Å². The Labute approximate surface area is 105 Å². The van der Waals surface area contributed by atoms with Crippen LogP contribution in [-0.4, -0.2) is 13.1 Å². The third-order valence-corrected chi connectivity index (χ3v) is 3.88. The zero-order chi connectivity index (χ0) is 12.3. The largest absolute Gasteiger partial charge is 0.371 e. The molecule has 1 unspecified atom stereocenters. The summed E-state index contributed by atoms with van der Waals surface area (Å²) in [4.78, 5) is 2.52. The van der Waals surface area contributed by atoms with E-state index in [4.69, 9.17) is 5.73 Å². The molecule has 1 saturated heterocycles. The molecule has 0 radical (unpaired) electrons. The summed E-state index contributed by atoms with van der Waals surface area (Å²) in [5.74, 6) is 0.872. The molecule has 1 aromatic carbocycles. The Morgan fingerprint density at radius 2 is 2.06 bits per heavy atom. The molecule has 1 heterocycles. The quantitative estimate of drug-likeness (QED) is 0.866. The molecule has 1 aromatic rings. The van der Waals surface area contributed by atoms with Gasteiger partial charge in [0.15, 0.2) is 0 Å². The van der Waals surface area contributed by atoms with Gasteiger partial charge in [-0.05, 0) is 43.4 Å². The van der Waals surface area contributed by atoms with Crippen molar-refractivity contribution in [3.05, 3.63) is 29.8 Å². The average molecular weight is 232 g/mol. The predicted octanol–water partition coefficient (Wildman–Crippen LogP) is 3.33. The third kappa shape index (κ3) is 3.01. The Hall–Kier alpha value is -1.02. The lowest BCUT2D eigenvalue weighted by molar-refractivity contribution is 0.405. The number of benzene rings is 1. The summed E-state index contributed by atoms with van der Waals surface area (Å²) in [6, 6.07) is 8.90. The van der Waals surface area contributed by atoms with Crippen LogP contribution in [0.15, 0.2) is 24.3 Å². The van der Waals surface area contributed by atoms with Crippen LogP contribution >= 0.6 is 0 Å². The van der Waals surface area contributed by atoms with Gasteiger partial charge < -0.3 is 10.6 Å². The monoisotopic (exact) mass is 232 g/mol. The summed E-state index contributed by atoms with van der Waals surface area (Å²) in [5.41, 5.74) is 8.45. The lowest BCUT2D eigenvalue weighted by Gasteiger charge is -2.34. The minimum Gasteiger partial charge on any atom is -0.371 e. The summed E-state index contributed by atoms with van der Waals surface area (Å²) >= 11 is 0. The van der Waals surface area contributed by atoms with Crippen molar-refractivity contribution in [1.82, 2.24) is 0 Å². The minimum atomic E-state index is 0.133. The number of nitrogens with two attached hydrogens (primary N) is 1. The van der Waals surface area contributed by atoms with E-state index in [0.717, 1.165) is 5.92 Å². The van der Waals surface area contributed by atoms with E-state index in [1.165, 1.54) is 43.6 Å². The van der Waals surface area contributed by atoms with Crippen LogP contribution in [-0.2, 0) is 0 Å². The molecular weight excluding hydrogens is 208 g/mol. The number of anilines is 1. The number of hydrogen-bond donors (Lipinski definition) is 1. The van der Waals surface area contributed by atoms with E-state index in [1.807, 2.05) is 6.92 Å². The molecular formula is C15H24N2. The zero-order valence-electron chi connectivity index (χ0n) is 11.0. The Morgan fingerprint density at radius 3 is 2.65 bits per heavy atom. The van der Waals surface area contributed by atoms with Gasteiger partial charge in [-0.15, -0.1) is 0 Å². The molecule has 2 rings (SSSR count). The van der Waals surface area contributed by atoms with Gasteiger partial charge in [-0.3, -0.25) is 0 Å². The molecule has 0 aliphatic carbocycles. The molecule has 1 fully saturated rings. The van der Waals surface area contributed by atoms with Crippen LogP contribution < -0.4 is 10.6 Å². The Balaban J connectivity index is 2.06. The van der Waals surface area contributed by atoms with E-state index in [0.29, 0.717) is 0 Å². The van der Waals surface area contributed by atoms with Gasteiger partial charge >= 0.3 is 0 Å². The molecule has 0 aromatic heterocycles. The standard InChI is InChI=1S/C15H24N2/c1-3-13-5-4-10-17(11-13)15-8-6-14(7-9-15)12(2)16/h6-9,12-13H,3-5,10-11,16H2,1-2H3/t12-,13?/m0/s1. The molecule has 0 saturated carbocycles. The smallest absolute Gasteiger partial charge is 0.0366 e. The van der Waals surface area contributed by atoms with Gasteiger partial charge in [0, 0.05) is 24.8 Å². The van der Waals surface area contributed by atoms with Crippen molar-refractivity contribution >= 4 is 5.69 Å². The molecule has 2 nitrogen and oxygen atoms in total. The number of piperidine rings is 1. The molecule has 0 amide bonds. The second kappa shape index (κ2) is 5.54. The van der Waals surface area contributed by atoms with E-state index < -0.39 is 0 Å².